The van der Waals surface area contributed by atoms with Gasteiger partial charge in [0.15, 0.2) is 0 Å². The lowest BCUT2D eigenvalue weighted by Crippen LogP contribution is -2.12. The molecule has 2 N–H and O–H groups in total. The molecule has 1 aromatic rings. The van der Waals surface area contributed by atoms with E-state index >= 15 is 0 Å². The maximum absolute atomic E-state index is 10.3. The number of aliphatic carboxylic acids is 1. The summed E-state index contributed by atoms with van der Waals surface area (Å²) < 4.78 is 0. The standard InChI is InChI=1S/C10H13NO2/c1-7-3-4-9(8(2)5-7)11-6-10(12)13/h3-5,11H,6H2,1-2H3,(H,12,13). The Morgan fingerprint density at radius 3 is 2.69 bits per heavy atom. The molecule has 1 aromatic carbocycles. The summed E-state index contributed by atoms with van der Waals surface area (Å²) in [4.78, 5) is 10.3. The minimum atomic E-state index is -0.847. The zero-order chi connectivity index (χ0) is 9.84. The van der Waals surface area contributed by atoms with Crippen molar-refractivity contribution in [3.05, 3.63) is 29.3 Å². The Morgan fingerprint density at radius 2 is 2.15 bits per heavy atom. The van der Waals surface area contributed by atoms with Gasteiger partial charge in [0.25, 0.3) is 0 Å². The Morgan fingerprint density at radius 1 is 1.46 bits per heavy atom. The van der Waals surface area contributed by atoms with E-state index < -0.39 is 5.97 Å². The molecule has 70 valence electrons. The fourth-order valence-corrected chi connectivity index (χ4v) is 1.18. The molecular weight excluding hydrogens is 166 g/mol. The number of benzene rings is 1. The Bertz CT molecular complexity index is 321. The van der Waals surface area contributed by atoms with Gasteiger partial charge in [0.1, 0.15) is 6.54 Å². The summed E-state index contributed by atoms with van der Waals surface area (Å²) >= 11 is 0. The minimum absolute atomic E-state index is 0.0378. The third-order valence-electron chi connectivity index (χ3n) is 1.81. The molecule has 0 heterocycles. The second-order valence-corrected chi connectivity index (χ2v) is 3.07. The van der Waals surface area contributed by atoms with Crippen molar-refractivity contribution in [2.75, 3.05) is 11.9 Å². The van der Waals surface area contributed by atoms with Crippen molar-refractivity contribution in [1.82, 2.24) is 0 Å². The largest absolute Gasteiger partial charge is 0.480 e. The third-order valence-corrected chi connectivity index (χ3v) is 1.81. The van der Waals surface area contributed by atoms with E-state index in [0.29, 0.717) is 0 Å². The zero-order valence-corrected chi connectivity index (χ0v) is 7.79. The van der Waals surface area contributed by atoms with E-state index in [0.717, 1.165) is 11.3 Å². The zero-order valence-electron chi connectivity index (χ0n) is 7.79. The minimum Gasteiger partial charge on any atom is -0.480 e. The normalized spacial score (nSPS) is 9.69. The Labute approximate surface area is 77.4 Å². The summed E-state index contributed by atoms with van der Waals surface area (Å²) in [6, 6.07) is 5.87. The number of nitrogens with one attached hydrogen (secondary N) is 1. The van der Waals surface area contributed by atoms with Crippen LogP contribution in [0, 0.1) is 13.8 Å². The molecule has 0 saturated carbocycles. The Hall–Kier alpha value is -1.51. The van der Waals surface area contributed by atoms with Crippen LogP contribution in [0.15, 0.2) is 18.2 Å². The number of aryl methyl sites for hydroxylation is 2. The van der Waals surface area contributed by atoms with Gasteiger partial charge in [-0.15, -0.1) is 0 Å². The molecule has 3 heteroatoms. The Balaban J connectivity index is 2.72. The van der Waals surface area contributed by atoms with Crippen LogP contribution in [-0.4, -0.2) is 17.6 Å². The summed E-state index contributed by atoms with van der Waals surface area (Å²) in [5.41, 5.74) is 3.13. The molecule has 13 heavy (non-hydrogen) atoms. The van der Waals surface area contributed by atoms with E-state index in [1.807, 2.05) is 32.0 Å². The van der Waals surface area contributed by atoms with E-state index in [1.165, 1.54) is 5.56 Å². The first-order valence-corrected chi connectivity index (χ1v) is 4.12. The predicted octanol–water partition coefficient (Wildman–Crippen LogP) is 1.80. The van der Waals surface area contributed by atoms with Gasteiger partial charge in [0.05, 0.1) is 0 Å². The van der Waals surface area contributed by atoms with Gasteiger partial charge in [0.2, 0.25) is 0 Å². The first kappa shape index (κ1) is 9.58. The highest BCUT2D eigenvalue weighted by atomic mass is 16.4. The third kappa shape index (κ3) is 2.78. The van der Waals surface area contributed by atoms with E-state index in [9.17, 15) is 4.79 Å². The summed E-state index contributed by atoms with van der Waals surface area (Å²) in [6.07, 6.45) is 0. The van der Waals surface area contributed by atoms with Crippen LogP contribution in [0.3, 0.4) is 0 Å². The molecule has 3 nitrogen and oxygen atoms in total. The van der Waals surface area contributed by atoms with Gasteiger partial charge in [-0.1, -0.05) is 17.7 Å². The fraction of sp³-hybridized carbons (Fsp3) is 0.300. The molecular formula is C10H13NO2. The number of hydrogen-bond donors (Lipinski definition) is 2. The molecule has 0 atom stereocenters. The van der Waals surface area contributed by atoms with Crippen molar-refractivity contribution in [3.8, 4) is 0 Å². The van der Waals surface area contributed by atoms with Crippen LogP contribution in [0.5, 0.6) is 0 Å². The average Bonchev–Trinajstić information content (AvgIpc) is 2.02. The second kappa shape index (κ2) is 3.94. The molecule has 0 radical (unpaired) electrons. The number of rotatable bonds is 3. The van der Waals surface area contributed by atoms with Crippen LogP contribution in [-0.2, 0) is 4.79 Å². The summed E-state index contributed by atoms with van der Waals surface area (Å²) in [5.74, 6) is -0.847. The van der Waals surface area contributed by atoms with E-state index in [4.69, 9.17) is 5.11 Å². The molecule has 0 aliphatic heterocycles. The molecule has 0 bridgehead atoms. The SMILES string of the molecule is Cc1ccc(NCC(=O)O)c(C)c1. The fourth-order valence-electron chi connectivity index (χ4n) is 1.18. The van der Waals surface area contributed by atoms with Crippen LogP contribution in [0.25, 0.3) is 0 Å². The van der Waals surface area contributed by atoms with E-state index in [2.05, 4.69) is 5.32 Å². The number of anilines is 1. The van der Waals surface area contributed by atoms with Crippen molar-refractivity contribution in [2.24, 2.45) is 0 Å². The molecule has 0 saturated heterocycles. The van der Waals surface area contributed by atoms with Crippen molar-refractivity contribution in [1.29, 1.82) is 0 Å². The maximum atomic E-state index is 10.3. The molecule has 0 unspecified atom stereocenters. The number of carboxylic acids is 1. The highest BCUT2D eigenvalue weighted by Gasteiger charge is 1.99. The van der Waals surface area contributed by atoms with Gasteiger partial charge in [-0.2, -0.15) is 0 Å². The van der Waals surface area contributed by atoms with Gasteiger partial charge in [0, 0.05) is 5.69 Å². The molecule has 0 spiro atoms. The molecule has 0 aliphatic rings. The van der Waals surface area contributed by atoms with Crippen molar-refractivity contribution in [2.45, 2.75) is 13.8 Å². The molecule has 0 aromatic heterocycles. The van der Waals surface area contributed by atoms with E-state index in [-0.39, 0.29) is 6.54 Å². The van der Waals surface area contributed by atoms with Gasteiger partial charge >= 0.3 is 5.97 Å². The lowest BCUT2D eigenvalue weighted by molar-refractivity contribution is -0.134. The van der Waals surface area contributed by atoms with Crippen molar-refractivity contribution < 1.29 is 9.90 Å². The highest BCUT2D eigenvalue weighted by Crippen LogP contribution is 2.15. The average molecular weight is 179 g/mol. The van der Waals surface area contributed by atoms with Crippen LogP contribution in [0.2, 0.25) is 0 Å². The topological polar surface area (TPSA) is 49.3 Å². The first-order chi connectivity index (χ1) is 6.09. The highest BCUT2D eigenvalue weighted by molar-refractivity contribution is 5.73. The first-order valence-electron chi connectivity index (χ1n) is 4.12. The number of carbonyl (C=O) groups is 1. The molecule has 0 amide bonds. The number of hydrogen-bond acceptors (Lipinski definition) is 2. The quantitative estimate of drug-likeness (QED) is 0.743. The predicted molar refractivity (Wildman–Crippen MR) is 52.0 cm³/mol. The lowest BCUT2D eigenvalue weighted by atomic mass is 10.1. The smallest absolute Gasteiger partial charge is 0.322 e. The Kier molecular flexibility index (Phi) is 2.90. The van der Waals surface area contributed by atoms with Crippen LogP contribution in [0.4, 0.5) is 5.69 Å². The summed E-state index contributed by atoms with van der Waals surface area (Å²) in [7, 11) is 0. The van der Waals surface area contributed by atoms with Gasteiger partial charge in [-0.25, -0.2) is 0 Å². The monoisotopic (exact) mass is 179 g/mol. The van der Waals surface area contributed by atoms with Gasteiger partial charge < -0.3 is 10.4 Å². The van der Waals surface area contributed by atoms with Crippen molar-refractivity contribution in [3.63, 3.8) is 0 Å². The molecule has 0 fully saturated rings. The van der Waals surface area contributed by atoms with Crippen molar-refractivity contribution >= 4 is 11.7 Å². The van der Waals surface area contributed by atoms with Crippen LogP contribution in [0.1, 0.15) is 11.1 Å². The molecule has 1 rings (SSSR count). The van der Waals surface area contributed by atoms with Gasteiger partial charge in [-0.3, -0.25) is 4.79 Å². The summed E-state index contributed by atoms with van der Waals surface area (Å²) in [5, 5.41) is 11.3. The lowest BCUT2D eigenvalue weighted by Gasteiger charge is -2.07. The maximum Gasteiger partial charge on any atom is 0.322 e. The van der Waals surface area contributed by atoms with Crippen LogP contribution >= 0.6 is 0 Å². The van der Waals surface area contributed by atoms with Gasteiger partial charge in [-0.05, 0) is 25.5 Å². The second-order valence-electron chi connectivity index (χ2n) is 3.07. The summed E-state index contributed by atoms with van der Waals surface area (Å²) in [6.45, 7) is 3.93. The number of carboxylic acid groups (broad SMARTS) is 1. The van der Waals surface area contributed by atoms with E-state index in [1.54, 1.807) is 0 Å². The van der Waals surface area contributed by atoms with Crippen LogP contribution < -0.4 is 5.32 Å². The molecule has 0 aliphatic carbocycles.